The summed E-state index contributed by atoms with van der Waals surface area (Å²) in [6, 6.07) is 10.0. The van der Waals surface area contributed by atoms with Crippen molar-refractivity contribution in [3.8, 4) is 0 Å². The molecule has 107 valence electrons. The fraction of sp³-hybridized carbons (Fsp3) is 0.250. The summed E-state index contributed by atoms with van der Waals surface area (Å²) in [6.45, 7) is 4.17. The first-order valence-corrected chi connectivity index (χ1v) is 7.90. The van der Waals surface area contributed by atoms with Gasteiger partial charge in [0.25, 0.3) is 0 Å². The fourth-order valence-corrected chi connectivity index (χ4v) is 4.11. The van der Waals surface area contributed by atoms with Crippen molar-refractivity contribution >= 4 is 22.8 Å². The minimum absolute atomic E-state index is 0.0419. The quantitative estimate of drug-likeness (QED) is 0.679. The van der Waals surface area contributed by atoms with E-state index in [-0.39, 0.29) is 5.25 Å². The van der Waals surface area contributed by atoms with Gasteiger partial charge in [0.05, 0.1) is 22.0 Å². The number of rotatable bonds is 1. The number of pyridine rings is 1. The number of aliphatic hydroxyl groups is 1. The molecule has 3 heterocycles. The Kier molecular flexibility index (Phi) is 2.80. The monoisotopic (exact) mass is 298 g/mol. The molecule has 0 aliphatic carbocycles. The van der Waals surface area contributed by atoms with Gasteiger partial charge in [-0.3, -0.25) is 9.55 Å². The minimum atomic E-state index is -0.608. The first-order valence-electron chi connectivity index (χ1n) is 6.94. The van der Waals surface area contributed by atoms with Gasteiger partial charge in [-0.05, 0) is 49.2 Å². The molecule has 5 heteroatoms. The Hall–Kier alpha value is -1.85. The van der Waals surface area contributed by atoms with E-state index in [4.69, 9.17) is 0 Å². The third-order valence-corrected chi connectivity index (χ3v) is 5.43. The Bertz CT molecular complexity index is 828. The highest BCUT2D eigenvalue weighted by atomic mass is 32.2. The Morgan fingerprint density at radius 1 is 1.19 bits per heavy atom. The van der Waals surface area contributed by atoms with E-state index in [1.54, 1.807) is 6.20 Å². The fourth-order valence-electron chi connectivity index (χ4n) is 2.79. The number of thiol groups is 1. The Morgan fingerprint density at radius 3 is 2.76 bits per heavy atom. The number of nitrogens with zero attached hydrogens (tertiary/aromatic N) is 3. The van der Waals surface area contributed by atoms with E-state index >= 15 is 0 Å². The van der Waals surface area contributed by atoms with E-state index in [9.17, 15) is 5.11 Å². The number of hydrogen-bond donors (Lipinski definition) is 2. The molecule has 2 unspecified atom stereocenters. The van der Waals surface area contributed by atoms with Crippen LogP contribution in [0.4, 0.5) is 0 Å². The van der Waals surface area contributed by atoms with Crippen LogP contribution in [0.5, 0.6) is 0 Å². The number of aromatic nitrogens is 3. The first kappa shape index (κ1) is 12.9. The lowest BCUT2D eigenvalue weighted by molar-refractivity contribution is 0.104. The van der Waals surface area contributed by atoms with Gasteiger partial charge in [-0.25, -0.2) is 4.98 Å². The zero-order chi connectivity index (χ0) is 14.6. The molecule has 3 aromatic rings. The van der Waals surface area contributed by atoms with Crippen molar-refractivity contribution in [1.29, 1.82) is 0 Å². The molecule has 21 heavy (non-hydrogen) atoms. The molecule has 2 aromatic heterocycles. The number of aliphatic hydroxyl groups excluding tert-OH is 1. The molecule has 1 N–H and O–H groups in total. The van der Waals surface area contributed by atoms with Crippen LogP contribution in [0.1, 0.15) is 28.3 Å². The smallest absolute Gasteiger partial charge is 0.159 e. The molecule has 0 saturated carbocycles. The molecule has 2 atom stereocenters. The van der Waals surface area contributed by atoms with Crippen molar-refractivity contribution in [3.63, 3.8) is 0 Å². The minimum Gasteiger partial charge on any atom is -0.372 e. The molecular weight excluding hydrogens is 282 g/mol. The van der Waals surface area contributed by atoms with Gasteiger partial charge >= 0.3 is 0 Å². The standard InChI is InChI=1S/C16H16N3OS/c1-9-7-12-13(8-10(9)2)19-15(20)14(21-16(19)18-12)11-5-3-4-6-17-11/h3-8,14-15,20-21H,1-2H3. The second kappa shape index (κ2) is 4.58. The summed E-state index contributed by atoms with van der Waals surface area (Å²) < 4.78 is 1.95. The summed E-state index contributed by atoms with van der Waals surface area (Å²) in [5.41, 5.74) is 5.32. The predicted molar refractivity (Wildman–Crippen MR) is 84.7 cm³/mol. The van der Waals surface area contributed by atoms with Crippen LogP contribution in [-0.2, 0) is 0 Å². The number of benzene rings is 1. The van der Waals surface area contributed by atoms with Crippen LogP contribution < -0.4 is 0 Å². The van der Waals surface area contributed by atoms with Gasteiger partial charge in [0.15, 0.2) is 5.16 Å². The van der Waals surface area contributed by atoms with Crippen LogP contribution in [0.25, 0.3) is 11.0 Å². The van der Waals surface area contributed by atoms with Crippen molar-refractivity contribution in [2.45, 2.75) is 30.5 Å². The van der Waals surface area contributed by atoms with E-state index in [1.165, 1.54) is 11.1 Å². The summed E-state index contributed by atoms with van der Waals surface area (Å²) in [6.07, 6.45) is 1.16. The van der Waals surface area contributed by atoms with Crippen molar-refractivity contribution < 1.29 is 5.11 Å². The van der Waals surface area contributed by atoms with E-state index < -0.39 is 6.23 Å². The molecule has 0 bridgehead atoms. The zero-order valence-corrected chi connectivity index (χ0v) is 12.7. The van der Waals surface area contributed by atoms with E-state index in [2.05, 4.69) is 35.9 Å². The summed E-state index contributed by atoms with van der Waals surface area (Å²) >= 11 is 1.01. The lowest BCUT2D eigenvalue weighted by Crippen LogP contribution is -2.10. The molecule has 0 saturated heterocycles. The largest absolute Gasteiger partial charge is 0.372 e. The van der Waals surface area contributed by atoms with Crippen LogP contribution in [0.2, 0.25) is 0 Å². The maximum absolute atomic E-state index is 10.7. The van der Waals surface area contributed by atoms with Crippen LogP contribution in [-0.4, -0.2) is 19.6 Å². The first-order chi connectivity index (χ1) is 10.1. The zero-order valence-electron chi connectivity index (χ0n) is 11.9. The van der Waals surface area contributed by atoms with Gasteiger partial charge < -0.3 is 5.11 Å². The van der Waals surface area contributed by atoms with E-state index in [0.717, 1.165) is 33.6 Å². The molecule has 0 fully saturated rings. The predicted octanol–water partition coefficient (Wildman–Crippen LogP) is 3.12. The maximum atomic E-state index is 10.7. The molecular formula is C16H16N3OS. The second-order valence-corrected chi connectivity index (χ2v) is 6.66. The molecule has 1 aliphatic rings. The van der Waals surface area contributed by atoms with Gasteiger partial charge in [0, 0.05) is 6.20 Å². The van der Waals surface area contributed by atoms with Crippen molar-refractivity contribution in [2.75, 3.05) is 0 Å². The molecule has 1 aliphatic heterocycles. The van der Waals surface area contributed by atoms with E-state index in [1.807, 2.05) is 22.8 Å². The van der Waals surface area contributed by atoms with Gasteiger partial charge in [-0.2, -0.15) is 0 Å². The SMILES string of the molecule is Cc1cc2nc3n(c2cc1C)C(O)C(c1ccccn1)[SH]3. The summed E-state index contributed by atoms with van der Waals surface area (Å²) in [5, 5.41) is 11.6. The van der Waals surface area contributed by atoms with Crippen LogP contribution in [0.15, 0.2) is 41.7 Å². The van der Waals surface area contributed by atoms with Crippen molar-refractivity contribution in [1.82, 2.24) is 14.5 Å². The van der Waals surface area contributed by atoms with Crippen LogP contribution in [0.3, 0.4) is 0 Å². The second-order valence-electron chi connectivity index (χ2n) is 5.45. The average Bonchev–Trinajstić information content (AvgIpc) is 2.98. The van der Waals surface area contributed by atoms with Crippen LogP contribution in [0, 0.1) is 13.8 Å². The lowest BCUT2D eigenvalue weighted by Gasteiger charge is -2.15. The number of hydrogen-bond acceptors (Lipinski definition) is 3. The number of fused-ring (bicyclic) bond motifs is 3. The topological polar surface area (TPSA) is 50.9 Å². The third kappa shape index (κ3) is 1.88. The number of aryl methyl sites for hydroxylation is 2. The molecule has 0 amide bonds. The summed E-state index contributed by atoms with van der Waals surface area (Å²) in [4.78, 5) is 9.06. The molecule has 1 aromatic carbocycles. The summed E-state index contributed by atoms with van der Waals surface area (Å²) in [7, 11) is 0. The van der Waals surface area contributed by atoms with Gasteiger partial charge in [0.1, 0.15) is 6.23 Å². The molecule has 1 radical (unpaired) electrons. The highest BCUT2D eigenvalue weighted by Gasteiger charge is 2.35. The van der Waals surface area contributed by atoms with Gasteiger partial charge in [-0.15, -0.1) is 11.8 Å². The Balaban J connectivity index is 1.84. The highest BCUT2D eigenvalue weighted by Crippen LogP contribution is 2.49. The Morgan fingerprint density at radius 2 is 2.00 bits per heavy atom. The lowest BCUT2D eigenvalue weighted by atomic mass is 10.1. The molecule has 4 nitrogen and oxygen atoms in total. The van der Waals surface area contributed by atoms with Gasteiger partial charge in [0.2, 0.25) is 0 Å². The maximum Gasteiger partial charge on any atom is 0.159 e. The van der Waals surface area contributed by atoms with Crippen LogP contribution >= 0.6 is 11.8 Å². The van der Waals surface area contributed by atoms with Gasteiger partial charge in [-0.1, -0.05) is 6.07 Å². The summed E-state index contributed by atoms with van der Waals surface area (Å²) in [5.74, 6) is 0. The highest BCUT2D eigenvalue weighted by molar-refractivity contribution is 7.99. The average molecular weight is 298 g/mol. The third-order valence-electron chi connectivity index (χ3n) is 4.08. The van der Waals surface area contributed by atoms with E-state index in [0.29, 0.717) is 0 Å². The van der Waals surface area contributed by atoms with Crippen molar-refractivity contribution in [3.05, 3.63) is 53.3 Å². The Labute approximate surface area is 126 Å². The molecule has 0 spiro atoms. The number of imidazole rings is 1. The van der Waals surface area contributed by atoms with Crippen molar-refractivity contribution in [2.24, 2.45) is 0 Å². The normalized spacial score (nSPS) is 20.9. The molecule has 4 rings (SSSR count).